The second-order valence-corrected chi connectivity index (χ2v) is 15.2. The predicted octanol–water partition coefficient (Wildman–Crippen LogP) is 7.91. The number of aryl methyl sites for hydroxylation is 2. The molecule has 0 spiro atoms. The summed E-state index contributed by atoms with van der Waals surface area (Å²) in [5.41, 5.74) is 3.21. The fourth-order valence-corrected chi connectivity index (χ4v) is 7.45. The number of methoxy groups -OCH3 is 1. The molecule has 11 nitrogen and oxygen atoms in total. The van der Waals surface area contributed by atoms with Crippen molar-refractivity contribution < 1.29 is 28.2 Å². The molecule has 1 aliphatic rings. The zero-order valence-corrected chi connectivity index (χ0v) is 35.9. The number of halogens is 5. The molecule has 2 heterocycles. The number of carbonyl (C=O) groups is 3. The first-order valence-corrected chi connectivity index (χ1v) is 20.7. The zero-order chi connectivity index (χ0) is 41.1. The molecule has 0 aliphatic carbocycles. The molecule has 0 bridgehead atoms. The van der Waals surface area contributed by atoms with Crippen molar-refractivity contribution in [3.63, 3.8) is 0 Å². The number of nitrogens with zero attached hydrogens (tertiary/aromatic N) is 5. The summed E-state index contributed by atoms with van der Waals surface area (Å²) in [7, 11) is 1.30. The number of aromatic nitrogens is 2. The van der Waals surface area contributed by atoms with Gasteiger partial charge in [0.2, 0.25) is 10.7 Å². The van der Waals surface area contributed by atoms with Crippen molar-refractivity contribution >= 4 is 98.7 Å². The van der Waals surface area contributed by atoms with E-state index in [9.17, 15) is 23.6 Å². The Bertz CT molecular complexity index is 1890. The van der Waals surface area contributed by atoms with Gasteiger partial charge in [-0.15, -0.1) is 36.5 Å². The van der Waals surface area contributed by atoms with Crippen molar-refractivity contribution in [2.24, 2.45) is 4.99 Å². The third kappa shape index (κ3) is 14.7. The number of hydrogen-bond donors (Lipinski definition) is 0. The number of fused-ring (bicyclic) bond motifs is 1. The first kappa shape index (κ1) is 48.0. The SMILES string of the molecule is C=CCN(CC=C)C(=O)C(Cl)Cl.CCOCN(C(=O)CCl)c1c(C)cccc1CC.COC(=O)CSc1cc(/N=c2\sc(=O)n3n2CCCC3)c(F)cc1Cl. The number of anilines is 1. The molecule has 0 unspecified atom stereocenters. The van der Waals surface area contributed by atoms with Gasteiger partial charge in [-0.3, -0.25) is 28.8 Å². The maximum atomic E-state index is 14.3. The number of ether oxygens (including phenoxy) is 2. The second-order valence-electron chi connectivity index (χ2n) is 11.4. The lowest BCUT2D eigenvalue weighted by molar-refractivity contribution is -0.137. The normalized spacial score (nSPS) is 12.1. The number of para-hydroxylation sites is 1. The highest BCUT2D eigenvalue weighted by Gasteiger charge is 2.20. The third-order valence-corrected chi connectivity index (χ3v) is 10.6. The van der Waals surface area contributed by atoms with Crippen LogP contribution in [-0.2, 0) is 43.4 Å². The lowest BCUT2D eigenvalue weighted by atomic mass is 10.0. The fraction of sp³-hybridized carbons (Fsp3) is 0.432. The van der Waals surface area contributed by atoms with Crippen LogP contribution in [-0.4, -0.2) is 82.1 Å². The third-order valence-electron chi connectivity index (χ3n) is 7.69. The number of hydrogen-bond acceptors (Lipinski definition) is 9. The maximum Gasteiger partial charge on any atom is 0.325 e. The van der Waals surface area contributed by atoms with Crippen molar-refractivity contribution in [3.05, 3.63) is 92.1 Å². The number of alkyl halides is 3. The van der Waals surface area contributed by atoms with Crippen LogP contribution in [0.5, 0.6) is 0 Å². The van der Waals surface area contributed by atoms with Crippen molar-refractivity contribution in [2.45, 2.75) is 62.9 Å². The monoisotopic (exact) mass is 879 g/mol. The zero-order valence-electron chi connectivity index (χ0n) is 31.2. The molecule has 0 atom stereocenters. The largest absolute Gasteiger partial charge is 0.468 e. The molecular formula is C37H46Cl4FN5O6S2. The highest BCUT2D eigenvalue weighted by molar-refractivity contribution is 8.00. The van der Waals surface area contributed by atoms with E-state index in [1.54, 1.807) is 26.4 Å². The lowest BCUT2D eigenvalue weighted by Gasteiger charge is -2.25. The van der Waals surface area contributed by atoms with E-state index in [-0.39, 0.29) is 45.8 Å². The minimum absolute atomic E-state index is 0.0371. The highest BCUT2D eigenvalue weighted by atomic mass is 35.5. The lowest BCUT2D eigenvalue weighted by Crippen LogP contribution is -2.35. The van der Waals surface area contributed by atoms with Crippen LogP contribution in [0.4, 0.5) is 15.8 Å². The van der Waals surface area contributed by atoms with Crippen molar-refractivity contribution in [1.29, 1.82) is 0 Å². The van der Waals surface area contributed by atoms with Gasteiger partial charge in [0.1, 0.15) is 24.1 Å². The quantitative estimate of drug-likeness (QED) is 0.0501. The van der Waals surface area contributed by atoms with E-state index in [1.807, 2.05) is 32.0 Å². The van der Waals surface area contributed by atoms with Crippen LogP contribution < -0.4 is 14.6 Å². The molecule has 302 valence electrons. The van der Waals surface area contributed by atoms with Gasteiger partial charge < -0.3 is 14.4 Å². The topological polar surface area (TPSA) is 115 Å². The van der Waals surface area contributed by atoms with E-state index in [2.05, 4.69) is 29.8 Å². The number of esters is 1. The minimum atomic E-state index is -1.01. The summed E-state index contributed by atoms with van der Waals surface area (Å²) in [6, 6.07) is 8.67. The molecule has 0 saturated heterocycles. The number of amides is 2. The van der Waals surface area contributed by atoms with E-state index in [4.69, 9.17) is 51.1 Å². The molecule has 55 heavy (non-hydrogen) atoms. The van der Waals surface area contributed by atoms with Crippen LogP contribution in [0.15, 0.2) is 70.3 Å². The number of benzene rings is 2. The molecule has 1 aromatic heterocycles. The van der Waals surface area contributed by atoms with Gasteiger partial charge in [0.25, 0.3) is 5.91 Å². The summed E-state index contributed by atoms with van der Waals surface area (Å²) in [6.45, 7) is 16.0. The van der Waals surface area contributed by atoms with E-state index in [1.165, 1.54) is 18.1 Å². The molecule has 1 aliphatic heterocycles. The van der Waals surface area contributed by atoms with Crippen LogP contribution in [0.25, 0.3) is 0 Å². The summed E-state index contributed by atoms with van der Waals surface area (Å²) in [4.78, 5) is 53.7. The molecule has 0 radical (unpaired) electrons. The molecule has 0 N–H and O–H groups in total. The molecule has 0 saturated carbocycles. The number of carbonyl (C=O) groups excluding carboxylic acids is 3. The van der Waals surface area contributed by atoms with Crippen LogP contribution >= 0.6 is 69.5 Å². The van der Waals surface area contributed by atoms with Crippen LogP contribution in [0.2, 0.25) is 5.02 Å². The first-order chi connectivity index (χ1) is 26.3. The molecule has 18 heteroatoms. The van der Waals surface area contributed by atoms with E-state index in [0.29, 0.717) is 42.5 Å². The first-order valence-electron chi connectivity index (χ1n) is 17.1. The molecular weight excluding hydrogens is 835 g/mol. The van der Waals surface area contributed by atoms with Crippen LogP contribution in [0.1, 0.15) is 37.8 Å². The molecule has 4 rings (SSSR count). The minimum Gasteiger partial charge on any atom is -0.468 e. The van der Waals surface area contributed by atoms with Gasteiger partial charge >= 0.3 is 10.8 Å². The highest BCUT2D eigenvalue weighted by Crippen LogP contribution is 2.33. The molecule has 0 fully saturated rings. The summed E-state index contributed by atoms with van der Waals surface area (Å²) in [5, 5.41) is 0.199. The summed E-state index contributed by atoms with van der Waals surface area (Å²) < 4.78 is 27.6. The second kappa shape index (κ2) is 25.2. The van der Waals surface area contributed by atoms with Gasteiger partial charge in [-0.05, 0) is 67.7 Å². The average molecular weight is 882 g/mol. The Balaban J connectivity index is 0.000000307. The van der Waals surface area contributed by atoms with E-state index < -0.39 is 16.6 Å². The Morgan fingerprint density at radius 2 is 1.76 bits per heavy atom. The van der Waals surface area contributed by atoms with Crippen molar-refractivity contribution in [2.75, 3.05) is 50.1 Å². The predicted molar refractivity (Wildman–Crippen MR) is 223 cm³/mol. The molecule has 3 aromatic rings. The Morgan fingerprint density at radius 3 is 2.33 bits per heavy atom. The van der Waals surface area contributed by atoms with Crippen LogP contribution in [0, 0.1) is 12.7 Å². The Morgan fingerprint density at radius 1 is 1.11 bits per heavy atom. The van der Waals surface area contributed by atoms with Crippen molar-refractivity contribution in [1.82, 2.24) is 14.3 Å². The summed E-state index contributed by atoms with van der Waals surface area (Å²) in [5.74, 6) is -1.41. The number of rotatable bonds is 15. The fourth-order valence-electron chi connectivity index (χ4n) is 5.04. The van der Waals surface area contributed by atoms with Gasteiger partial charge in [0.15, 0.2) is 4.84 Å². The Labute approximate surface area is 349 Å². The van der Waals surface area contributed by atoms with E-state index in [0.717, 1.165) is 65.2 Å². The Kier molecular flexibility index (Phi) is 22.0. The number of thioether (sulfide) groups is 1. The Hall–Kier alpha value is -3.11. The van der Waals surface area contributed by atoms with Gasteiger partial charge in [-0.25, -0.2) is 14.1 Å². The smallest absolute Gasteiger partial charge is 0.325 e. The van der Waals surface area contributed by atoms with Gasteiger partial charge in [-0.1, -0.05) is 72.1 Å². The van der Waals surface area contributed by atoms with Crippen molar-refractivity contribution in [3.8, 4) is 0 Å². The van der Waals surface area contributed by atoms with Crippen LogP contribution in [0.3, 0.4) is 0 Å². The summed E-state index contributed by atoms with van der Waals surface area (Å²) >= 11 is 24.6. The molecule has 2 amide bonds. The van der Waals surface area contributed by atoms with Gasteiger partial charge in [0.05, 0.1) is 23.6 Å². The van der Waals surface area contributed by atoms with Gasteiger partial charge in [0, 0.05) is 37.7 Å². The van der Waals surface area contributed by atoms with Gasteiger partial charge in [-0.2, -0.15) is 0 Å². The van der Waals surface area contributed by atoms with E-state index >= 15 is 0 Å². The summed E-state index contributed by atoms with van der Waals surface area (Å²) in [6.07, 6.45) is 5.98. The standard InChI is InChI=1S/C15H15ClFN3O3S2.C14H20ClNO2.C8H11Cl2NO/c1-23-13(21)8-24-12-7-11(10(17)6-9(12)16)18-14-19-4-2-3-5-20(19)15(22)25-14;1-4-12-8-6-7-11(3)14(12)16(10-18-5-2)13(17)9-15;1-3-5-11(6-4-2)8(12)7(9)10/h6-7H,2-5,8H2,1H3;6-8H,4-5,9-10H2,1-3H3;3-4,7H,1-2,5-6H2/b18-14-;;. The molecule has 2 aromatic carbocycles. The maximum absolute atomic E-state index is 14.3. The average Bonchev–Trinajstić information content (AvgIpc) is 3.49.